The third-order valence-corrected chi connectivity index (χ3v) is 10.8. The Morgan fingerprint density at radius 1 is 0.741 bits per heavy atom. The molecule has 9 nitrogen and oxygen atoms in total. The van der Waals surface area contributed by atoms with Gasteiger partial charge >= 0.3 is 0 Å². The van der Waals surface area contributed by atoms with Crippen molar-refractivity contribution in [3.05, 3.63) is 83.5 Å². The molecule has 2 fully saturated rings. The molecule has 6 aromatic rings. The van der Waals surface area contributed by atoms with Crippen LogP contribution in [-0.4, -0.2) is 42.0 Å². The molecular weight excluding hydrogens is 815 g/mol. The second kappa shape index (κ2) is 22.0. The largest absolute Gasteiger partial charge is 0.397 e. The number of fused-ring (bicyclic) bond motifs is 2. The number of aryl methyl sites for hydroxylation is 4. The van der Waals surface area contributed by atoms with Gasteiger partial charge in [-0.1, -0.05) is 70.8 Å². The van der Waals surface area contributed by atoms with Gasteiger partial charge in [0.15, 0.2) is 0 Å². The Kier molecular flexibility index (Phi) is 18.4. The quantitative estimate of drug-likeness (QED) is 0.0778. The van der Waals surface area contributed by atoms with Gasteiger partial charge in [0.25, 0.3) is 0 Å². The molecule has 4 aromatic heterocycles. The number of aliphatic hydroxyl groups is 1. The van der Waals surface area contributed by atoms with Crippen molar-refractivity contribution in [3.63, 3.8) is 0 Å². The molecule has 0 atom stereocenters. The van der Waals surface area contributed by atoms with Crippen molar-refractivity contribution in [2.24, 2.45) is 0 Å². The van der Waals surface area contributed by atoms with Crippen LogP contribution in [0, 0.1) is 35.1 Å². The van der Waals surface area contributed by atoms with E-state index in [-0.39, 0.29) is 41.9 Å². The summed E-state index contributed by atoms with van der Waals surface area (Å²) >= 11 is 0. The Balaban J connectivity index is 0.000000277. The standard InChI is InChI=1S/C22H29N3O.C22H27N3O.C2H6O.CH4.CH3.Pd/c2*1-5-7-15(8-6-2)18-11-17(20-13(3)25-26-14(20)4)12-19-21(18)24-22(23-19)16-9-10-16;1-2-3;;;/h11-12,15-16H,5-10H2,1-4H3,(H,23,24);7,11-12,16H,5-6,8-10H2,1-4H3,(H,23,24);3H,2H2,1H3;1H4;1H3;/q;;;;-1;/b;15-7+;;;;. The molecule has 320 valence electrons. The molecule has 0 bridgehead atoms. The number of hydrogen-bond donors (Lipinski definition) is 3. The molecule has 58 heavy (non-hydrogen) atoms. The third-order valence-electron chi connectivity index (χ3n) is 10.8. The van der Waals surface area contributed by atoms with Gasteiger partial charge in [0.1, 0.15) is 23.2 Å². The molecule has 0 spiro atoms. The van der Waals surface area contributed by atoms with Crippen LogP contribution in [-0.2, 0) is 20.4 Å². The van der Waals surface area contributed by atoms with Crippen LogP contribution in [0.5, 0.6) is 0 Å². The van der Waals surface area contributed by atoms with Crippen LogP contribution >= 0.6 is 0 Å². The van der Waals surface area contributed by atoms with Crippen molar-refractivity contribution in [1.82, 2.24) is 30.2 Å². The zero-order valence-corrected chi connectivity index (χ0v) is 37.5. The van der Waals surface area contributed by atoms with Crippen LogP contribution in [0.3, 0.4) is 0 Å². The molecule has 2 aliphatic rings. The first-order chi connectivity index (χ1) is 26.6. The molecule has 3 N–H and O–H groups in total. The summed E-state index contributed by atoms with van der Waals surface area (Å²) in [6, 6.07) is 9.07. The van der Waals surface area contributed by atoms with Crippen molar-refractivity contribution >= 4 is 27.6 Å². The molecule has 10 heteroatoms. The molecule has 8 rings (SSSR count). The molecule has 2 saturated carbocycles. The van der Waals surface area contributed by atoms with E-state index in [0.29, 0.717) is 17.8 Å². The van der Waals surface area contributed by atoms with Gasteiger partial charge in [-0.05, 0) is 138 Å². The maximum Gasteiger partial charge on any atom is 0.141 e. The minimum absolute atomic E-state index is 0. The van der Waals surface area contributed by atoms with Crippen LogP contribution in [0.2, 0.25) is 0 Å². The van der Waals surface area contributed by atoms with E-state index in [1.807, 2.05) is 27.7 Å². The minimum atomic E-state index is 0. The normalized spacial score (nSPS) is 13.7. The van der Waals surface area contributed by atoms with Gasteiger partial charge in [0.05, 0.1) is 33.5 Å². The van der Waals surface area contributed by atoms with Crippen molar-refractivity contribution < 1.29 is 34.6 Å². The summed E-state index contributed by atoms with van der Waals surface area (Å²) in [7, 11) is 0. The van der Waals surface area contributed by atoms with E-state index >= 15 is 0 Å². The Hall–Kier alpha value is -3.84. The summed E-state index contributed by atoms with van der Waals surface area (Å²) in [5, 5.41) is 15.9. The molecule has 2 aliphatic carbocycles. The summed E-state index contributed by atoms with van der Waals surface area (Å²) in [4.78, 5) is 17.2. The number of allylic oxidation sites excluding steroid dienone is 2. The topological polar surface area (TPSA) is 130 Å². The van der Waals surface area contributed by atoms with Gasteiger partial charge < -0.3 is 31.5 Å². The molecule has 0 amide bonds. The third kappa shape index (κ3) is 10.9. The summed E-state index contributed by atoms with van der Waals surface area (Å²) in [5.74, 6) is 5.87. The second-order valence-corrected chi connectivity index (χ2v) is 15.6. The second-order valence-electron chi connectivity index (χ2n) is 15.6. The van der Waals surface area contributed by atoms with Crippen molar-refractivity contribution in [2.45, 2.75) is 158 Å². The summed E-state index contributed by atoms with van der Waals surface area (Å²) in [5.41, 5.74) is 15.1. The first kappa shape index (κ1) is 48.5. The van der Waals surface area contributed by atoms with Gasteiger partial charge in [-0.15, -0.1) is 0 Å². The zero-order chi connectivity index (χ0) is 39.2. The average molecular weight is 885 g/mol. The molecule has 4 heterocycles. The van der Waals surface area contributed by atoms with Gasteiger partial charge in [0, 0.05) is 55.6 Å². The first-order valence-electron chi connectivity index (χ1n) is 20.9. The van der Waals surface area contributed by atoms with Crippen LogP contribution in [0.15, 0.2) is 39.4 Å². The van der Waals surface area contributed by atoms with Crippen molar-refractivity contribution in [1.29, 1.82) is 0 Å². The number of nitrogens with zero attached hydrogens (tertiary/aromatic N) is 4. The fraction of sp³-hybridized carbons (Fsp3) is 0.521. The molecule has 0 aliphatic heterocycles. The number of imidazole rings is 2. The summed E-state index contributed by atoms with van der Waals surface area (Å²) in [6.45, 7) is 18.9. The molecular formula is C48H69N6O3Pd-. The number of aromatic nitrogens is 6. The summed E-state index contributed by atoms with van der Waals surface area (Å²) < 4.78 is 10.9. The average Bonchev–Trinajstić information content (AvgIpc) is 4.05. The van der Waals surface area contributed by atoms with Gasteiger partial charge in [-0.3, -0.25) is 0 Å². The Morgan fingerprint density at radius 3 is 1.62 bits per heavy atom. The van der Waals surface area contributed by atoms with Crippen LogP contribution in [0.25, 0.3) is 49.9 Å². The van der Waals surface area contributed by atoms with Gasteiger partial charge in [0.2, 0.25) is 0 Å². The van der Waals surface area contributed by atoms with Crippen LogP contribution in [0.1, 0.15) is 176 Å². The predicted octanol–water partition coefficient (Wildman–Crippen LogP) is 13.8. The number of benzene rings is 2. The van der Waals surface area contributed by atoms with E-state index in [1.54, 1.807) is 6.92 Å². The molecule has 2 aromatic carbocycles. The maximum atomic E-state index is 7.57. The van der Waals surface area contributed by atoms with E-state index in [1.165, 1.54) is 85.0 Å². The fourth-order valence-corrected chi connectivity index (χ4v) is 8.05. The van der Waals surface area contributed by atoms with E-state index in [0.717, 1.165) is 81.2 Å². The Labute approximate surface area is 361 Å². The molecule has 0 unspecified atom stereocenters. The predicted molar refractivity (Wildman–Crippen MR) is 238 cm³/mol. The number of rotatable bonds is 13. The van der Waals surface area contributed by atoms with Crippen LogP contribution < -0.4 is 0 Å². The minimum Gasteiger partial charge on any atom is -0.397 e. The summed E-state index contributed by atoms with van der Waals surface area (Å²) in [6.07, 6.45) is 15.4. The number of hydrogen-bond acceptors (Lipinski definition) is 7. The van der Waals surface area contributed by atoms with Crippen molar-refractivity contribution in [2.75, 3.05) is 6.61 Å². The smallest absolute Gasteiger partial charge is 0.141 e. The number of aliphatic hydroxyl groups excluding tert-OH is 1. The zero-order valence-electron chi connectivity index (χ0n) is 36.0. The van der Waals surface area contributed by atoms with E-state index in [4.69, 9.17) is 24.1 Å². The van der Waals surface area contributed by atoms with E-state index in [9.17, 15) is 0 Å². The first-order valence-corrected chi connectivity index (χ1v) is 20.9. The van der Waals surface area contributed by atoms with Crippen LogP contribution in [0.4, 0.5) is 0 Å². The number of nitrogens with one attached hydrogen (secondary N) is 2. The Bertz CT molecular complexity index is 2190. The van der Waals surface area contributed by atoms with E-state index in [2.05, 4.69) is 78.3 Å². The molecule has 0 saturated heterocycles. The SMILES string of the molecule is C.CC/C=C(\CCC)c1cc(-c2c(C)noc2C)cc2[nH]c(C3CC3)nc12.CCCC(CCC)c1cc(-c2c(C)noc2C)cc2[nH]c(C3CC3)nc12.CCO.[CH3-].[Pd]. The maximum absolute atomic E-state index is 7.57. The van der Waals surface area contributed by atoms with Crippen molar-refractivity contribution in [3.8, 4) is 22.3 Å². The fourth-order valence-electron chi connectivity index (χ4n) is 8.05. The monoisotopic (exact) mass is 883 g/mol. The van der Waals surface area contributed by atoms with Gasteiger partial charge in [-0.2, -0.15) is 0 Å². The van der Waals surface area contributed by atoms with Gasteiger partial charge in [-0.25, -0.2) is 9.97 Å². The Morgan fingerprint density at radius 2 is 1.21 bits per heavy atom. The van der Waals surface area contributed by atoms with E-state index < -0.39 is 0 Å². The number of aromatic amines is 2. The number of H-pyrrole nitrogens is 2. The molecule has 0 radical (unpaired) electrons.